The van der Waals surface area contributed by atoms with Gasteiger partial charge in [-0.15, -0.1) is 24.0 Å². The van der Waals surface area contributed by atoms with Gasteiger partial charge in [-0.05, 0) is 48.6 Å². The minimum absolute atomic E-state index is 0. The van der Waals surface area contributed by atoms with Gasteiger partial charge >= 0.3 is 0 Å². The Morgan fingerprint density at radius 1 is 1.07 bits per heavy atom. The maximum absolute atomic E-state index is 5.19. The molecule has 3 N–H and O–H groups in total. The first-order valence-electron chi connectivity index (χ1n) is 9.00. The second kappa shape index (κ2) is 10.8. The van der Waals surface area contributed by atoms with Gasteiger partial charge in [0, 0.05) is 24.3 Å². The zero-order chi connectivity index (χ0) is 18.2. The number of aliphatic imine (C=N–C) groups is 1. The lowest BCUT2D eigenvalue weighted by Crippen LogP contribution is -2.38. The van der Waals surface area contributed by atoms with E-state index in [4.69, 9.17) is 4.74 Å². The van der Waals surface area contributed by atoms with Crippen LogP contribution in [0.2, 0.25) is 0 Å². The highest BCUT2D eigenvalue weighted by Crippen LogP contribution is 2.15. The third-order valence-electron chi connectivity index (χ3n) is 4.20. The molecule has 0 aliphatic heterocycles. The zero-order valence-corrected chi connectivity index (χ0v) is 18.1. The molecule has 1 aromatic heterocycles. The normalized spacial score (nSPS) is 11.1. The second-order valence-corrected chi connectivity index (χ2v) is 6.10. The number of benzene rings is 2. The number of nitrogens with zero attached hydrogens (tertiary/aromatic N) is 1. The van der Waals surface area contributed by atoms with Gasteiger partial charge in [0.25, 0.3) is 0 Å². The number of aromatic amines is 1. The van der Waals surface area contributed by atoms with Crippen molar-refractivity contribution >= 4 is 40.8 Å². The summed E-state index contributed by atoms with van der Waals surface area (Å²) in [7, 11) is 1.68. The minimum Gasteiger partial charge on any atom is -0.497 e. The summed E-state index contributed by atoms with van der Waals surface area (Å²) >= 11 is 0. The van der Waals surface area contributed by atoms with Gasteiger partial charge < -0.3 is 20.4 Å². The number of H-pyrrole nitrogens is 1. The van der Waals surface area contributed by atoms with E-state index in [0.29, 0.717) is 6.54 Å². The van der Waals surface area contributed by atoms with Gasteiger partial charge in [-0.3, -0.25) is 0 Å². The molecular weight excluding hydrogens is 451 g/mol. The van der Waals surface area contributed by atoms with Gasteiger partial charge in [-0.1, -0.05) is 30.3 Å². The van der Waals surface area contributed by atoms with Gasteiger partial charge in [0.05, 0.1) is 13.7 Å². The third kappa shape index (κ3) is 6.16. The molecule has 2 aromatic carbocycles. The van der Waals surface area contributed by atoms with Crippen molar-refractivity contribution in [2.24, 2.45) is 4.99 Å². The second-order valence-electron chi connectivity index (χ2n) is 6.10. The van der Waals surface area contributed by atoms with Crippen LogP contribution >= 0.6 is 24.0 Å². The predicted octanol–water partition coefficient (Wildman–Crippen LogP) is 4.09. The van der Waals surface area contributed by atoms with Crippen molar-refractivity contribution in [1.82, 2.24) is 15.6 Å². The Kier molecular flexibility index (Phi) is 8.44. The van der Waals surface area contributed by atoms with Crippen molar-refractivity contribution in [2.75, 3.05) is 20.2 Å². The van der Waals surface area contributed by atoms with E-state index in [1.54, 1.807) is 7.11 Å². The summed E-state index contributed by atoms with van der Waals surface area (Å²) in [6.45, 7) is 4.35. The van der Waals surface area contributed by atoms with Crippen molar-refractivity contribution in [3.05, 3.63) is 65.9 Å². The number of fused-ring (bicyclic) bond motifs is 1. The summed E-state index contributed by atoms with van der Waals surface area (Å²) in [5, 5.41) is 7.91. The molecule has 0 atom stereocenters. The van der Waals surface area contributed by atoms with E-state index in [1.165, 1.54) is 10.9 Å². The number of ether oxygens (including phenoxy) is 1. The van der Waals surface area contributed by atoms with Gasteiger partial charge in [0.15, 0.2) is 5.96 Å². The SMILES string of the molecule is CCNC(=NCc1cc2ccccc2[nH]1)NCCc1ccc(OC)cc1.I. The molecule has 0 aliphatic carbocycles. The zero-order valence-electron chi connectivity index (χ0n) is 15.8. The number of rotatable bonds is 7. The lowest BCUT2D eigenvalue weighted by molar-refractivity contribution is 0.414. The highest BCUT2D eigenvalue weighted by atomic mass is 127. The Hall–Kier alpha value is -2.22. The van der Waals surface area contributed by atoms with Gasteiger partial charge in [-0.25, -0.2) is 4.99 Å². The Morgan fingerprint density at radius 3 is 2.56 bits per heavy atom. The predicted molar refractivity (Wildman–Crippen MR) is 123 cm³/mol. The number of aromatic nitrogens is 1. The van der Waals surface area contributed by atoms with Crippen LogP contribution in [0.25, 0.3) is 10.9 Å². The highest BCUT2D eigenvalue weighted by molar-refractivity contribution is 14.0. The third-order valence-corrected chi connectivity index (χ3v) is 4.20. The molecule has 0 saturated carbocycles. The Labute approximate surface area is 177 Å². The molecule has 0 bridgehead atoms. The van der Waals surface area contributed by atoms with Gasteiger partial charge in [-0.2, -0.15) is 0 Å². The molecule has 0 spiro atoms. The average molecular weight is 478 g/mol. The molecule has 3 rings (SSSR count). The maximum atomic E-state index is 5.19. The van der Waals surface area contributed by atoms with E-state index in [2.05, 4.69) is 57.9 Å². The smallest absolute Gasteiger partial charge is 0.191 e. The van der Waals surface area contributed by atoms with E-state index in [9.17, 15) is 0 Å². The lowest BCUT2D eigenvalue weighted by atomic mass is 10.1. The maximum Gasteiger partial charge on any atom is 0.191 e. The van der Waals surface area contributed by atoms with Crippen molar-refractivity contribution in [1.29, 1.82) is 0 Å². The quantitative estimate of drug-likeness (QED) is 0.272. The van der Waals surface area contributed by atoms with Crippen molar-refractivity contribution in [3.8, 4) is 5.75 Å². The number of para-hydroxylation sites is 1. The van der Waals surface area contributed by atoms with Crippen molar-refractivity contribution in [3.63, 3.8) is 0 Å². The largest absolute Gasteiger partial charge is 0.497 e. The van der Waals surface area contributed by atoms with Crippen LogP contribution in [0.5, 0.6) is 5.75 Å². The van der Waals surface area contributed by atoms with Gasteiger partial charge in [0.2, 0.25) is 0 Å². The lowest BCUT2D eigenvalue weighted by Gasteiger charge is -2.11. The highest BCUT2D eigenvalue weighted by Gasteiger charge is 2.02. The average Bonchev–Trinajstić information content (AvgIpc) is 3.09. The standard InChI is InChI=1S/C21H26N4O.HI/c1-3-22-21(23-13-12-16-8-10-19(26-2)11-9-16)24-15-18-14-17-6-4-5-7-20(17)25-18;/h4-11,14,25H,3,12-13,15H2,1-2H3,(H2,22,23,24);1H. The van der Waals surface area contributed by atoms with E-state index < -0.39 is 0 Å². The first-order chi connectivity index (χ1) is 12.8. The molecule has 0 aliphatic rings. The van der Waals surface area contributed by atoms with Crippen LogP contribution in [0.4, 0.5) is 0 Å². The summed E-state index contributed by atoms with van der Waals surface area (Å²) in [5.74, 6) is 1.72. The number of hydrogen-bond donors (Lipinski definition) is 3. The van der Waals surface area contributed by atoms with Crippen LogP contribution < -0.4 is 15.4 Å². The van der Waals surface area contributed by atoms with Crippen LogP contribution in [-0.4, -0.2) is 31.1 Å². The summed E-state index contributed by atoms with van der Waals surface area (Å²) in [5.41, 5.74) is 3.53. The monoisotopic (exact) mass is 478 g/mol. The van der Waals surface area contributed by atoms with Crippen LogP contribution in [0.15, 0.2) is 59.6 Å². The number of halogens is 1. The molecule has 5 nitrogen and oxygen atoms in total. The molecular formula is C21H27IN4O. The van der Waals surface area contributed by atoms with Crippen LogP contribution in [-0.2, 0) is 13.0 Å². The van der Waals surface area contributed by atoms with E-state index in [1.807, 2.05) is 24.3 Å². The molecule has 27 heavy (non-hydrogen) atoms. The Morgan fingerprint density at radius 2 is 1.85 bits per heavy atom. The van der Waals surface area contributed by atoms with Crippen molar-refractivity contribution < 1.29 is 4.74 Å². The first kappa shape index (κ1) is 21.1. The molecule has 3 aromatic rings. The number of guanidine groups is 1. The molecule has 0 saturated heterocycles. The molecule has 1 heterocycles. The number of hydrogen-bond acceptors (Lipinski definition) is 2. The molecule has 0 radical (unpaired) electrons. The summed E-state index contributed by atoms with van der Waals surface area (Å²) in [6.07, 6.45) is 0.931. The van der Waals surface area contributed by atoms with Crippen LogP contribution in [0.1, 0.15) is 18.2 Å². The summed E-state index contributed by atoms with van der Waals surface area (Å²) in [4.78, 5) is 8.09. The fraction of sp³-hybridized carbons (Fsp3) is 0.286. The molecule has 0 amide bonds. The summed E-state index contributed by atoms with van der Waals surface area (Å²) < 4.78 is 5.19. The van der Waals surface area contributed by atoms with Gasteiger partial charge in [0.1, 0.15) is 5.75 Å². The van der Waals surface area contributed by atoms with E-state index >= 15 is 0 Å². The Balaban J connectivity index is 0.00000261. The number of methoxy groups -OCH3 is 1. The molecule has 0 fully saturated rings. The van der Waals surface area contributed by atoms with Crippen LogP contribution in [0.3, 0.4) is 0 Å². The summed E-state index contributed by atoms with van der Waals surface area (Å²) in [6, 6.07) is 18.6. The fourth-order valence-electron chi connectivity index (χ4n) is 2.84. The number of nitrogens with one attached hydrogen (secondary N) is 3. The van der Waals surface area contributed by atoms with E-state index in [0.717, 1.165) is 42.4 Å². The topological polar surface area (TPSA) is 61.4 Å². The molecule has 6 heteroatoms. The minimum atomic E-state index is 0. The molecule has 0 unspecified atom stereocenters. The van der Waals surface area contributed by atoms with E-state index in [-0.39, 0.29) is 24.0 Å². The van der Waals surface area contributed by atoms with Crippen molar-refractivity contribution in [2.45, 2.75) is 19.9 Å². The fourth-order valence-corrected chi connectivity index (χ4v) is 2.84. The Bertz CT molecular complexity index is 825. The molecule has 144 valence electrons. The first-order valence-corrected chi connectivity index (χ1v) is 9.00. The van der Waals surface area contributed by atoms with Crippen LogP contribution in [0, 0.1) is 0 Å².